The van der Waals surface area contributed by atoms with E-state index in [1.165, 1.54) is 18.2 Å². The lowest BCUT2D eigenvalue weighted by molar-refractivity contribution is -0.116. The van der Waals surface area contributed by atoms with Crippen molar-refractivity contribution in [3.05, 3.63) is 83.2 Å². The molecule has 0 spiro atoms. The Morgan fingerprint density at radius 3 is 2.65 bits per heavy atom. The summed E-state index contributed by atoms with van der Waals surface area (Å²) in [4.78, 5) is 25.9. The molecule has 1 N–H and O–H groups in total. The third-order valence-corrected chi connectivity index (χ3v) is 4.67. The van der Waals surface area contributed by atoms with Crippen LogP contribution >= 0.6 is 0 Å². The Morgan fingerprint density at radius 2 is 1.96 bits per heavy atom. The minimum atomic E-state index is -0.281. The predicted octanol–water partition coefficient (Wildman–Crippen LogP) is 3.21. The van der Waals surface area contributed by atoms with Crippen LogP contribution < -0.4 is 5.32 Å². The number of carbonyl (C=O) groups excluding carboxylic acids is 2. The summed E-state index contributed by atoms with van der Waals surface area (Å²) >= 11 is 0. The first-order chi connectivity index (χ1) is 12.5. The molecule has 0 aliphatic carbocycles. The van der Waals surface area contributed by atoms with Crippen molar-refractivity contribution in [2.24, 2.45) is 0 Å². The normalized spacial score (nSPS) is 15.9. The summed E-state index contributed by atoms with van der Waals surface area (Å²) in [6.45, 7) is 6.20. The lowest BCUT2D eigenvalue weighted by atomic mass is 9.94. The molecule has 26 heavy (non-hydrogen) atoms. The van der Waals surface area contributed by atoms with E-state index in [0.29, 0.717) is 25.1 Å². The first-order valence-corrected chi connectivity index (χ1v) is 8.55. The molecule has 0 saturated carbocycles. The molecule has 1 heterocycles. The van der Waals surface area contributed by atoms with Gasteiger partial charge in [-0.25, -0.2) is 4.39 Å². The van der Waals surface area contributed by atoms with Gasteiger partial charge in [-0.3, -0.25) is 9.59 Å². The van der Waals surface area contributed by atoms with Gasteiger partial charge in [-0.15, -0.1) is 0 Å². The highest BCUT2D eigenvalue weighted by atomic mass is 19.1. The number of nitrogens with one attached hydrogen (secondary N) is 1. The zero-order chi connectivity index (χ0) is 18.7. The van der Waals surface area contributed by atoms with Gasteiger partial charge in [-0.1, -0.05) is 24.8 Å². The number of hydrogen-bond donors (Lipinski definition) is 1. The monoisotopic (exact) mass is 352 g/mol. The SMILES string of the molecule is C=CC(=O)NCc1ccc(C(=O)N2Cc3cc(F)ccc3CC2C)cc1. The van der Waals surface area contributed by atoms with Crippen molar-refractivity contribution in [1.29, 1.82) is 0 Å². The van der Waals surface area contributed by atoms with Crippen molar-refractivity contribution in [2.45, 2.75) is 32.5 Å². The molecule has 0 aromatic heterocycles. The van der Waals surface area contributed by atoms with Crippen molar-refractivity contribution in [1.82, 2.24) is 10.2 Å². The van der Waals surface area contributed by atoms with Crippen molar-refractivity contribution < 1.29 is 14.0 Å². The molecule has 2 aromatic rings. The molecule has 134 valence electrons. The third-order valence-electron chi connectivity index (χ3n) is 4.67. The number of nitrogens with zero attached hydrogens (tertiary/aromatic N) is 1. The molecule has 1 aliphatic heterocycles. The predicted molar refractivity (Wildman–Crippen MR) is 97.9 cm³/mol. The first-order valence-electron chi connectivity index (χ1n) is 8.55. The highest BCUT2D eigenvalue weighted by molar-refractivity contribution is 5.94. The van der Waals surface area contributed by atoms with Crippen molar-refractivity contribution >= 4 is 11.8 Å². The quantitative estimate of drug-likeness (QED) is 0.859. The first kappa shape index (κ1) is 17.9. The molecule has 4 nitrogen and oxygen atoms in total. The van der Waals surface area contributed by atoms with Crippen molar-refractivity contribution in [3.63, 3.8) is 0 Å². The van der Waals surface area contributed by atoms with Gasteiger partial charge < -0.3 is 10.2 Å². The molecule has 2 aromatic carbocycles. The minimum absolute atomic E-state index is 0.0482. The van der Waals surface area contributed by atoms with Gasteiger partial charge in [0.25, 0.3) is 5.91 Å². The maximum Gasteiger partial charge on any atom is 0.254 e. The fourth-order valence-electron chi connectivity index (χ4n) is 3.17. The summed E-state index contributed by atoms with van der Waals surface area (Å²) in [5.41, 5.74) is 3.43. The molecule has 1 unspecified atom stereocenters. The van der Waals surface area contributed by atoms with Crippen LogP contribution in [-0.4, -0.2) is 22.8 Å². The Morgan fingerprint density at radius 1 is 1.23 bits per heavy atom. The zero-order valence-electron chi connectivity index (χ0n) is 14.7. The number of rotatable bonds is 4. The summed E-state index contributed by atoms with van der Waals surface area (Å²) in [7, 11) is 0. The molecule has 0 saturated heterocycles. The Kier molecular flexibility index (Phi) is 5.16. The van der Waals surface area contributed by atoms with E-state index < -0.39 is 0 Å². The molecule has 0 fully saturated rings. The van der Waals surface area contributed by atoms with Crippen LogP contribution in [-0.2, 0) is 24.3 Å². The Labute approximate surface area is 152 Å². The molecule has 0 bridgehead atoms. The van der Waals surface area contributed by atoms with E-state index in [0.717, 1.165) is 16.7 Å². The molecule has 2 amide bonds. The smallest absolute Gasteiger partial charge is 0.254 e. The lowest BCUT2D eigenvalue weighted by Crippen LogP contribution is -2.42. The second-order valence-electron chi connectivity index (χ2n) is 6.52. The zero-order valence-corrected chi connectivity index (χ0v) is 14.7. The molecule has 1 atom stereocenters. The lowest BCUT2D eigenvalue weighted by Gasteiger charge is -2.35. The van der Waals surface area contributed by atoms with E-state index in [4.69, 9.17) is 0 Å². The second-order valence-corrected chi connectivity index (χ2v) is 6.52. The summed E-state index contributed by atoms with van der Waals surface area (Å²) in [6.07, 6.45) is 1.93. The molecule has 3 rings (SSSR count). The van der Waals surface area contributed by atoms with Crippen LogP contribution in [0.5, 0.6) is 0 Å². The van der Waals surface area contributed by atoms with Crippen molar-refractivity contribution in [2.75, 3.05) is 0 Å². The van der Waals surface area contributed by atoms with E-state index >= 15 is 0 Å². The van der Waals surface area contributed by atoms with Gasteiger partial charge in [0, 0.05) is 24.7 Å². The molecule has 5 heteroatoms. The van der Waals surface area contributed by atoms with Crippen LogP contribution in [0.25, 0.3) is 0 Å². The van der Waals surface area contributed by atoms with Crippen LogP contribution in [0.2, 0.25) is 0 Å². The summed E-state index contributed by atoms with van der Waals surface area (Å²) in [5, 5.41) is 2.70. The third kappa shape index (κ3) is 3.82. The minimum Gasteiger partial charge on any atom is -0.348 e. The van der Waals surface area contributed by atoms with Crippen LogP contribution in [0.4, 0.5) is 4.39 Å². The summed E-state index contributed by atoms with van der Waals surface area (Å²) < 4.78 is 13.5. The van der Waals surface area contributed by atoms with Crippen molar-refractivity contribution in [3.8, 4) is 0 Å². The maximum absolute atomic E-state index is 13.5. The Balaban J connectivity index is 1.72. The molecule has 1 aliphatic rings. The topological polar surface area (TPSA) is 49.4 Å². The largest absolute Gasteiger partial charge is 0.348 e. The van der Waals surface area contributed by atoms with Gasteiger partial charge in [0.1, 0.15) is 5.82 Å². The number of amides is 2. The molecular weight excluding hydrogens is 331 g/mol. The van der Waals surface area contributed by atoms with Crippen LogP contribution in [0.1, 0.15) is 34.0 Å². The maximum atomic E-state index is 13.5. The fourth-order valence-corrected chi connectivity index (χ4v) is 3.17. The number of fused-ring (bicyclic) bond motifs is 1. The van der Waals surface area contributed by atoms with Gasteiger partial charge in [0.2, 0.25) is 5.91 Å². The van der Waals surface area contributed by atoms with Gasteiger partial charge >= 0.3 is 0 Å². The standard InChI is InChI=1S/C21H21FN2O2/c1-3-20(25)23-12-15-4-6-16(7-5-15)21(26)24-13-18-11-19(22)9-8-17(18)10-14(24)2/h3-9,11,14H,1,10,12-13H2,2H3,(H,23,25). The van der Waals surface area contributed by atoms with Gasteiger partial charge in [0.05, 0.1) is 0 Å². The van der Waals surface area contributed by atoms with Gasteiger partial charge in [-0.2, -0.15) is 0 Å². The number of halogens is 1. The fraction of sp³-hybridized carbons (Fsp3) is 0.238. The van der Waals surface area contributed by atoms with E-state index in [9.17, 15) is 14.0 Å². The number of benzene rings is 2. The average molecular weight is 352 g/mol. The van der Waals surface area contributed by atoms with Crippen LogP contribution in [0.3, 0.4) is 0 Å². The van der Waals surface area contributed by atoms with Gasteiger partial charge in [-0.05, 0) is 60.4 Å². The van der Waals surface area contributed by atoms with Crippen LogP contribution in [0, 0.1) is 5.82 Å². The second kappa shape index (κ2) is 7.52. The Hall–Kier alpha value is -2.95. The van der Waals surface area contributed by atoms with E-state index in [-0.39, 0.29) is 23.7 Å². The van der Waals surface area contributed by atoms with Crippen LogP contribution in [0.15, 0.2) is 55.1 Å². The average Bonchev–Trinajstić information content (AvgIpc) is 2.65. The van der Waals surface area contributed by atoms with E-state index in [1.807, 2.05) is 19.1 Å². The number of carbonyl (C=O) groups is 2. The molecular formula is C21H21FN2O2. The van der Waals surface area contributed by atoms with Gasteiger partial charge in [0.15, 0.2) is 0 Å². The van der Waals surface area contributed by atoms with E-state index in [1.54, 1.807) is 23.1 Å². The summed E-state index contributed by atoms with van der Waals surface area (Å²) in [6, 6.07) is 12.0. The number of hydrogen-bond acceptors (Lipinski definition) is 2. The van der Waals surface area contributed by atoms with E-state index in [2.05, 4.69) is 11.9 Å². The summed E-state index contributed by atoms with van der Waals surface area (Å²) in [5.74, 6) is -0.594. The highest BCUT2D eigenvalue weighted by Crippen LogP contribution is 2.25. The molecule has 0 radical (unpaired) electrons. The highest BCUT2D eigenvalue weighted by Gasteiger charge is 2.27. The Bertz CT molecular complexity index is 846.